The van der Waals surface area contributed by atoms with Crippen molar-refractivity contribution in [2.45, 2.75) is 31.0 Å². The highest BCUT2D eigenvalue weighted by atomic mass is 19.4. The normalized spacial score (nSPS) is 15.9. The lowest BCUT2D eigenvalue weighted by Crippen LogP contribution is -2.44. The smallest absolute Gasteiger partial charge is 0.416 e. The summed E-state index contributed by atoms with van der Waals surface area (Å²) >= 11 is 0. The quantitative estimate of drug-likeness (QED) is 0.471. The van der Waals surface area contributed by atoms with Gasteiger partial charge in [0.2, 0.25) is 0 Å². The van der Waals surface area contributed by atoms with E-state index >= 15 is 0 Å². The summed E-state index contributed by atoms with van der Waals surface area (Å²) in [4.78, 5) is 26.0. The Morgan fingerprint density at radius 1 is 0.971 bits per heavy atom. The highest BCUT2D eigenvalue weighted by molar-refractivity contribution is 5.97. The first kappa shape index (κ1) is 22.8. The number of carboxylic acid groups (broad SMARTS) is 1. The minimum atomic E-state index is -4.44. The molecule has 1 aliphatic carbocycles. The van der Waals surface area contributed by atoms with Crippen molar-refractivity contribution in [3.63, 3.8) is 0 Å². The lowest BCUT2D eigenvalue weighted by atomic mass is 10.0. The van der Waals surface area contributed by atoms with E-state index < -0.39 is 23.2 Å². The number of urea groups is 1. The number of para-hydroxylation sites is 1. The average Bonchev–Trinajstić information content (AvgIpc) is 3.47. The number of anilines is 1. The van der Waals surface area contributed by atoms with E-state index in [1.807, 2.05) is 6.07 Å². The summed E-state index contributed by atoms with van der Waals surface area (Å²) in [5, 5.41) is 12.2. The second kappa shape index (κ2) is 8.33. The van der Waals surface area contributed by atoms with E-state index in [1.54, 1.807) is 29.2 Å². The van der Waals surface area contributed by atoms with E-state index in [2.05, 4.69) is 5.32 Å². The molecule has 0 radical (unpaired) electrons. The number of hydrogen-bond donors (Lipinski definition) is 2. The van der Waals surface area contributed by atoms with Crippen LogP contribution in [0.2, 0.25) is 0 Å². The maximum Gasteiger partial charge on any atom is 0.416 e. The highest BCUT2D eigenvalue weighted by Gasteiger charge is 2.47. The maximum absolute atomic E-state index is 13.3. The van der Waals surface area contributed by atoms with Crippen LogP contribution in [0.5, 0.6) is 11.5 Å². The predicted octanol–water partition coefficient (Wildman–Crippen LogP) is 5.96. The Morgan fingerprint density at radius 3 is 2.26 bits per heavy atom. The number of fused-ring (bicyclic) bond motifs is 1. The zero-order valence-electron chi connectivity index (χ0n) is 18.4. The number of ether oxygens (including phenoxy) is 1. The molecule has 9 heteroatoms. The van der Waals surface area contributed by atoms with Crippen molar-refractivity contribution in [2.24, 2.45) is 0 Å². The number of carboxylic acids is 1. The molecule has 180 valence electrons. The summed E-state index contributed by atoms with van der Waals surface area (Å²) in [7, 11) is 0. The van der Waals surface area contributed by atoms with Crippen LogP contribution in [0.25, 0.3) is 0 Å². The first-order valence-corrected chi connectivity index (χ1v) is 11.1. The molecule has 1 heterocycles. The summed E-state index contributed by atoms with van der Waals surface area (Å²) in [6.07, 6.45) is -2.35. The summed E-state index contributed by atoms with van der Waals surface area (Å²) in [5.74, 6) is -0.402. The van der Waals surface area contributed by atoms with Crippen molar-refractivity contribution in [1.29, 1.82) is 0 Å². The van der Waals surface area contributed by atoms with Gasteiger partial charge >= 0.3 is 18.2 Å². The Kier molecular flexibility index (Phi) is 5.42. The third-order valence-electron chi connectivity index (χ3n) is 6.39. The van der Waals surface area contributed by atoms with Crippen molar-refractivity contribution in [3.8, 4) is 11.5 Å². The van der Waals surface area contributed by atoms with Crippen molar-refractivity contribution >= 4 is 17.7 Å². The van der Waals surface area contributed by atoms with Crippen LogP contribution >= 0.6 is 0 Å². The molecule has 0 atom stereocenters. The van der Waals surface area contributed by atoms with Gasteiger partial charge in [-0.05, 0) is 72.9 Å². The Bertz CT molecular complexity index is 1280. The Morgan fingerprint density at radius 2 is 1.66 bits per heavy atom. The summed E-state index contributed by atoms with van der Waals surface area (Å²) in [5.41, 5.74) is 1.18. The molecule has 0 unspecified atom stereocenters. The van der Waals surface area contributed by atoms with E-state index in [0.29, 0.717) is 24.4 Å². The molecule has 0 spiro atoms. The fraction of sp³-hybridized carbons (Fsp3) is 0.231. The number of rotatable bonds is 5. The number of hydrogen-bond acceptors (Lipinski definition) is 3. The molecule has 3 aromatic carbocycles. The molecule has 2 N–H and O–H groups in total. The lowest BCUT2D eigenvalue weighted by molar-refractivity contribution is -0.137. The van der Waals surface area contributed by atoms with Crippen molar-refractivity contribution < 1.29 is 32.6 Å². The van der Waals surface area contributed by atoms with Gasteiger partial charge in [-0.15, -0.1) is 0 Å². The zero-order valence-corrected chi connectivity index (χ0v) is 18.4. The number of alkyl halides is 3. The minimum Gasteiger partial charge on any atom is -0.478 e. The number of halogens is 3. The fourth-order valence-electron chi connectivity index (χ4n) is 4.36. The maximum atomic E-state index is 13.3. The van der Waals surface area contributed by atoms with Gasteiger partial charge < -0.3 is 15.2 Å². The van der Waals surface area contributed by atoms with Crippen LogP contribution in [0.1, 0.15) is 39.9 Å². The number of carbonyl (C=O) groups is 2. The van der Waals surface area contributed by atoms with E-state index in [0.717, 1.165) is 36.1 Å². The Hall–Kier alpha value is -4.01. The molecule has 1 saturated carbocycles. The van der Waals surface area contributed by atoms with Crippen LogP contribution in [0.15, 0.2) is 66.7 Å². The van der Waals surface area contributed by atoms with Gasteiger partial charge in [0, 0.05) is 6.54 Å². The molecule has 35 heavy (non-hydrogen) atoms. The molecule has 5 rings (SSSR count). The highest BCUT2D eigenvalue weighted by Crippen LogP contribution is 2.47. The summed E-state index contributed by atoms with van der Waals surface area (Å²) < 4.78 is 44.5. The van der Waals surface area contributed by atoms with Crippen LogP contribution in [0.3, 0.4) is 0 Å². The largest absolute Gasteiger partial charge is 0.478 e. The van der Waals surface area contributed by atoms with E-state index in [-0.39, 0.29) is 17.3 Å². The second-order valence-electron chi connectivity index (χ2n) is 8.68. The molecule has 2 aliphatic rings. The number of nitrogens with one attached hydrogen (secondary N) is 1. The van der Waals surface area contributed by atoms with Gasteiger partial charge in [0.1, 0.15) is 5.75 Å². The van der Waals surface area contributed by atoms with E-state index in [4.69, 9.17) is 9.84 Å². The van der Waals surface area contributed by atoms with Crippen molar-refractivity contribution in [1.82, 2.24) is 5.32 Å². The van der Waals surface area contributed by atoms with Gasteiger partial charge in [-0.25, -0.2) is 9.59 Å². The molecule has 3 aromatic rings. The number of benzene rings is 3. The van der Waals surface area contributed by atoms with Gasteiger partial charge in [0.25, 0.3) is 0 Å². The molecule has 1 aliphatic heterocycles. The molecule has 6 nitrogen and oxygen atoms in total. The average molecular weight is 482 g/mol. The molecule has 0 bridgehead atoms. The fourth-order valence-corrected chi connectivity index (χ4v) is 4.36. The number of aromatic carboxylic acids is 1. The number of carbonyl (C=O) groups excluding carboxylic acids is 1. The van der Waals surface area contributed by atoms with E-state index in [9.17, 15) is 22.8 Å². The number of nitrogens with zero attached hydrogens (tertiary/aromatic N) is 1. The molecular weight excluding hydrogens is 461 g/mol. The molecule has 0 aromatic heterocycles. The lowest BCUT2D eigenvalue weighted by Gasteiger charge is -2.25. The molecular formula is C26H21F3N2O4. The second-order valence-corrected chi connectivity index (χ2v) is 8.68. The first-order valence-electron chi connectivity index (χ1n) is 11.1. The predicted molar refractivity (Wildman–Crippen MR) is 122 cm³/mol. The van der Waals surface area contributed by atoms with Gasteiger partial charge in [-0.3, -0.25) is 4.90 Å². The van der Waals surface area contributed by atoms with Crippen LogP contribution in [-0.2, 0) is 18.1 Å². The molecule has 0 saturated heterocycles. The summed E-state index contributed by atoms with van der Waals surface area (Å²) in [6, 6.07) is 15.9. The Labute approximate surface area is 198 Å². The summed E-state index contributed by atoms with van der Waals surface area (Å²) in [6.45, 7) is 0.433. The Balaban J connectivity index is 1.36. The van der Waals surface area contributed by atoms with Gasteiger partial charge in [0.15, 0.2) is 5.75 Å². The van der Waals surface area contributed by atoms with Crippen molar-refractivity contribution in [3.05, 3.63) is 89.0 Å². The van der Waals surface area contributed by atoms with E-state index in [1.165, 1.54) is 24.3 Å². The van der Waals surface area contributed by atoms with Crippen LogP contribution < -0.4 is 15.0 Å². The third-order valence-corrected chi connectivity index (χ3v) is 6.39. The van der Waals surface area contributed by atoms with Gasteiger partial charge in [-0.2, -0.15) is 13.2 Å². The van der Waals surface area contributed by atoms with Crippen molar-refractivity contribution in [2.75, 3.05) is 11.4 Å². The third kappa shape index (κ3) is 4.41. The van der Waals surface area contributed by atoms with Crippen LogP contribution in [0.4, 0.5) is 23.7 Å². The SMILES string of the molecule is O=C(O)c1ccc(C2(NC(=O)N3CCc4cccc(Oc5ccc(C(F)(F)F)cc5)c43)CC2)cc1. The van der Waals surface area contributed by atoms with Gasteiger partial charge in [-0.1, -0.05) is 24.3 Å². The zero-order chi connectivity index (χ0) is 24.8. The van der Waals surface area contributed by atoms with Crippen LogP contribution in [0, 0.1) is 0 Å². The first-order chi connectivity index (χ1) is 16.7. The number of amides is 2. The topological polar surface area (TPSA) is 78.9 Å². The standard InChI is InChI=1S/C26H21F3N2O4/c27-26(28,29)19-8-10-20(11-9-19)35-21-3-1-2-16-12-15-31(22(16)21)24(34)30-25(13-14-25)18-6-4-17(5-7-18)23(32)33/h1-11H,12-15H2,(H,30,34)(H,32,33). The van der Waals surface area contributed by atoms with Crippen LogP contribution in [-0.4, -0.2) is 23.7 Å². The monoisotopic (exact) mass is 482 g/mol. The molecule has 2 amide bonds. The molecule has 1 fully saturated rings. The van der Waals surface area contributed by atoms with Gasteiger partial charge in [0.05, 0.1) is 22.4 Å². The minimum absolute atomic E-state index is 0.175.